The van der Waals surface area contributed by atoms with Gasteiger partial charge >= 0.3 is 0 Å². The second-order valence-corrected chi connectivity index (χ2v) is 6.90. The van der Waals surface area contributed by atoms with Gasteiger partial charge in [0.25, 0.3) is 5.91 Å². The molecule has 0 atom stereocenters. The van der Waals surface area contributed by atoms with Gasteiger partial charge in [-0.25, -0.2) is 0 Å². The summed E-state index contributed by atoms with van der Waals surface area (Å²) in [6.07, 6.45) is 3.37. The van der Waals surface area contributed by atoms with Crippen LogP contribution < -0.4 is 10.2 Å². The molecule has 1 N–H and O–H groups in total. The zero-order chi connectivity index (χ0) is 19.8. The highest BCUT2D eigenvalue weighted by Crippen LogP contribution is 2.21. The Kier molecular flexibility index (Phi) is 6.76. The average Bonchev–Trinajstić information content (AvgIpc) is 2.73. The molecule has 0 aliphatic heterocycles. The van der Waals surface area contributed by atoms with Crippen molar-refractivity contribution < 1.29 is 4.79 Å². The van der Waals surface area contributed by atoms with Gasteiger partial charge < -0.3 is 15.1 Å². The van der Waals surface area contributed by atoms with E-state index in [0.717, 1.165) is 30.0 Å². The van der Waals surface area contributed by atoms with E-state index in [-0.39, 0.29) is 5.91 Å². The molecule has 3 rings (SSSR count). The smallest absolute Gasteiger partial charge is 0.260 e. The van der Waals surface area contributed by atoms with Crippen molar-refractivity contribution in [2.75, 3.05) is 37.4 Å². The second kappa shape index (κ2) is 9.67. The first kappa shape index (κ1) is 19.6. The van der Waals surface area contributed by atoms with Crippen molar-refractivity contribution >= 4 is 17.3 Å². The summed E-state index contributed by atoms with van der Waals surface area (Å²) in [6, 6.07) is 21.6. The molecule has 28 heavy (non-hydrogen) atoms. The average molecular weight is 374 g/mol. The van der Waals surface area contributed by atoms with Gasteiger partial charge in [-0.15, -0.1) is 0 Å². The van der Waals surface area contributed by atoms with E-state index < -0.39 is 0 Å². The van der Waals surface area contributed by atoms with Crippen LogP contribution >= 0.6 is 0 Å². The van der Waals surface area contributed by atoms with Crippen LogP contribution in [0.5, 0.6) is 0 Å². The third kappa shape index (κ3) is 5.41. The van der Waals surface area contributed by atoms with Crippen LogP contribution in [0.1, 0.15) is 15.9 Å². The molecular formula is C23H26N4O. The van der Waals surface area contributed by atoms with Gasteiger partial charge in [0.1, 0.15) is 0 Å². The summed E-state index contributed by atoms with van der Waals surface area (Å²) >= 11 is 0. The summed E-state index contributed by atoms with van der Waals surface area (Å²) in [6.45, 7) is 2.20. The Morgan fingerprint density at radius 1 is 0.964 bits per heavy atom. The maximum atomic E-state index is 13.3. The number of para-hydroxylation sites is 1. The highest BCUT2D eigenvalue weighted by Gasteiger charge is 2.19. The van der Waals surface area contributed by atoms with Crippen molar-refractivity contribution in [2.24, 2.45) is 0 Å². The van der Waals surface area contributed by atoms with Crippen molar-refractivity contribution in [1.29, 1.82) is 0 Å². The molecule has 144 valence electrons. The van der Waals surface area contributed by atoms with E-state index in [1.165, 1.54) is 0 Å². The van der Waals surface area contributed by atoms with Gasteiger partial charge in [-0.3, -0.25) is 9.78 Å². The molecule has 5 nitrogen and oxygen atoms in total. The summed E-state index contributed by atoms with van der Waals surface area (Å²) in [5.74, 6) is -0.0705. The number of anilines is 2. The molecule has 0 bridgehead atoms. The summed E-state index contributed by atoms with van der Waals surface area (Å²) in [5, 5.41) is 3.32. The van der Waals surface area contributed by atoms with Crippen molar-refractivity contribution in [3.05, 3.63) is 90.3 Å². The fourth-order valence-electron chi connectivity index (χ4n) is 2.89. The molecule has 5 heteroatoms. The van der Waals surface area contributed by atoms with Crippen LogP contribution in [-0.4, -0.2) is 43.0 Å². The Bertz CT molecular complexity index is 881. The number of amides is 1. The van der Waals surface area contributed by atoms with Crippen molar-refractivity contribution in [3.63, 3.8) is 0 Å². The standard InChI is InChI=1S/C23H26N4O/c1-26(2)14-13-25-21-15-20(16-24-17-21)23(28)27(22-11-7-4-8-12-22)18-19-9-5-3-6-10-19/h3-12,15-17,25H,13-14,18H2,1-2H3. The number of nitrogens with zero attached hydrogens (tertiary/aromatic N) is 3. The monoisotopic (exact) mass is 374 g/mol. The van der Waals surface area contributed by atoms with Gasteiger partial charge in [0.05, 0.1) is 17.8 Å². The van der Waals surface area contributed by atoms with Gasteiger partial charge in [-0.05, 0) is 37.9 Å². The van der Waals surface area contributed by atoms with Crippen molar-refractivity contribution in [2.45, 2.75) is 6.54 Å². The molecule has 0 aliphatic carbocycles. The minimum Gasteiger partial charge on any atom is -0.382 e. The van der Waals surface area contributed by atoms with Crippen LogP contribution in [-0.2, 0) is 6.54 Å². The zero-order valence-electron chi connectivity index (χ0n) is 16.4. The lowest BCUT2D eigenvalue weighted by atomic mass is 10.1. The van der Waals surface area contributed by atoms with Crippen LogP contribution in [0, 0.1) is 0 Å². The van der Waals surface area contributed by atoms with E-state index in [1.54, 1.807) is 17.3 Å². The molecule has 1 amide bonds. The van der Waals surface area contributed by atoms with E-state index in [2.05, 4.69) is 15.2 Å². The lowest BCUT2D eigenvalue weighted by Gasteiger charge is -2.23. The lowest BCUT2D eigenvalue weighted by Crippen LogP contribution is -2.30. The number of benzene rings is 2. The number of pyridine rings is 1. The van der Waals surface area contributed by atoms with E-state index in [4.69, 9.17) is 0 Å². The molecule has 0 unspecified atom stereocenters. The minimum absolute atomic E-state index is 0.0705. The molecule has 0 aliphatic rings. The fraction of sp³-hybridized carbons (Fsp3) is 0.217. The van der Waals surface area contributed by atoms with Crippen LogP contribution in [0.4, 0.5) is 11.4 Å². The number of hydrogen-bond acceptors (Lipinski definition) is 4. The Hall–Kier alpha value is -3.18. The number of nitrogens with one attached hydrogen (secondary N) is 1. The lowest BCUT2D eigenvalue weighted by molar-refractivity contribution is 0.0985. The van der Waals surface area contributed by atoms with Crippen LogP contribution in [0.25, 0.3) is 0 Å². The van der Waals surface area contributed by atoms with E-state index in [9.17, 15) is 4.79 Å². The topological polar surface area (TPSA) is 48.5 Å². The quantitative estimate of drug-likeness (QED) is 0.650. The number of hydrogen-bond donors (Lipinski definition) is 1. The molecule has 0 spiro atoms. The predicted octanol–water partition coefficient (Wildman–Crippen LogP) is 3.90. The molecule has 0 radical (unpaired) electrons. The minimum atomic E-state index is -0.0705. The number of carbonyl (C=O) groups excluding carboxylic acids is 1. The molecule has 0 saturated carbocycles. The molecule has 2 aromatic carbocycles. The van der Waals surface area contributed by atoms with Gasteiger partial charge in [0, 0.05) is 31.2 Å². The molecule has 1 aromatic heterocycles. The maximum absolute atomic E-state index is 13.3. The molecule has 0 fully saturated rings. The van der Waals surface area contributed by atoms with Crippen LogP contribution in [0.3, 0.4) is 0 Å². The molecular weight excluding hydrogens is 348 g/mol. The summed E-state index contributed by atoms with van der Waals surface area (Å²) in [4.78, 5) is 21.5. The first-order valence-electron chi connectivity index (χ1n) is 9.38. The van der Waals surface area contributed by atoms with Gasteiger partial charge in [0.2, 0.25) is 0 Å². The Balaban J connectivity index is 1.83. The molecule has 1 heterocycles. The maximum Gasteiger partial charge on any atom is 0.260 e. The first-order chi connectivity index (χ1) is 13.6. The molecule has 3 aromatic rings. The van der Waals surface area contributed by atoms with Crippen LogP contribution in [0.15, 0.2) is 79.1 Å². The summed E-state index contributed by atoms with van der Waals surface area (Å²) < 4.78 is 0. The first-order valence-corrected chi connectivity index (χ1v) is 9.38. The third-order valence-corrected chi connectivity index (χ3v) is 4.37. The summed E-state index contributed by atoms with van der Waals surface area (Å²) in [7, 11) is 4.06. The van der Waals surface area contributed by atoms with Gasteiger partial charge in [-0.1, -0.05) is 48.5 Å². The van der Waals surface area contributed by atoms with E-state index >= 15 is 0 Å². The Labute approximate surface area is 166 Å². The van der Waals surface area contributed by atoms with E-state index in [1.807, 2.05) is 80.8 Å². The number of carbonyl (C=O) groups is 1. The zero-order valence-corrected chi connectivity index (χ0v) is 16.4. The highest BCUT2D eigenvalue weighted by molar-refractivity contribution is 6.06. The third-order valence-electron chi connectivity index (χ3n) is 4.37. The SMILES string of the molecule is CN(C)CCNc1cncc(C(=O)N(Cc2ccccc2)c2ccccc2)c1. The van der Waals surface area contributed by atoms with Crippen LogP contribution in [0.2, 0.25) is 0 Å². The second-order valence-electron chi connectivity index (χ2n) is 6.90. The van der Waals surface area contributed by atoms with E-state index in [0.29, 0.717) is 12.1 Å². The fourth-order valence-corrected chi connectivity index (χ4v) is 2.89. The Morgan fingerprint density at radius 3 is 2.32 bits per heavy atom. The van der Waals surface area contributed by atoms with Gasteiger partial charge in [-0.2, -0.15) is 0 Å². The molecule has 0 saturated heterocycles. The highest BCUT2D eigenvalue weighted by atomic mass is 16.2. The van der Waals surface area contributed by atoms with Crippen molar-refractivity contribution in [3.8, 4) is 0 Å². The number of rotatable bonds is 8. The number of aromatic nitrogens is 1. The largest absolute Gasteiger partial charge is 0.382 e. The van der Waals surface area contributed by atoms with Crippen molar-refractivity contribution in [1.82, 2.24) is 9.88 Å². The van der Waals surface area contributed by atoms with Gasteiger partial charge in [0.15, 0.2) is 0 Å². The predicted molar refractivity (Wildman–Crippen MR) is 115 cm³/mol. The summed E-state index contributed by atoms with van der Waals surface area (Å²) in [5.41, 5.74) is 3.35. The normalized spacial score (nSPS) is 10.7. The Morgan fingerprint density at radius 2 is 1.64 bits per heavy atom. The number of likely N-dealkylation sites (N-methyl/N-ethyl adjacent to an activating group) is 1.